The van der Waals surface area contributed by atoms with Gasteiger partial charge in [0.1, 0.15) is 5.82 Å². The van der Waals surface area contributed by atoms with Gasteiger partial charge in [-0.25, -0.2) is 4.39 Å². The van der Waals surface area contributed by atoms with E-state index in [2.05, 4.69) is 10.3 Å². The third-order valence-corrected chi connectivity index (χ3v) is 2.84. The second-order valence-electron chi connectivity index (χ2n) is 4.22. The largest absolute Gasteiger partial charge is 0.398 e. The molecule has 0 aliphatic heterocycles. The van der Waals surface area contributed by atoms with E-state index in [1.807, 2.05) is 13.0 Å². The average Bonchev–Trinajstić information content (AvgIpc) is 2.40. The van der Waals surface area contributed by atoms with E-state index in [4.69, 9.17) is 5.73 Å². The molecule has 1 aromatic heterocycles. The van der Waals surface area contributed by atoms with E-state index in [0.717, 1.165) is 17.2 Å². The summed E-state index contributed by atoms with van der Waals surface area (Å²) in [6, 6.07) is 5.55. The van der Waals surface area contributed by atoms with Crippen LogP contribution in [0.2, 0.25) is 0 Å². The Morgan fingerprint density at radius 2 is 2.21 bits per heavy atom. The Hall–Kier alpha value is -2.43. The summed E-state index contributed by atoms with van der Waals surface area (Å²) in [5, 5.41) is 2.71. The number of rotatable bonds is 3. The zero-order valence-corrected chi connectivity index (χ0v) is 10.5. The molecule has 19 heavy (non-hydrogen) atoms. The van der Waals surface area contributed by atoms with Crippen molar-refractivity contribution in [2.24, 2.45) is 0 Å². The van der Waals surface area contributed by atoms with Gasteiger partial charge in [0.2, 0.25) is 0 Å². The number of amides is 1. The number of aromatic nitrogens is 1. The molecule has 4 nitrogen and oxygen atoms in total. The summed E-state index contributed by atoms with van der Waals surface area (Å²) in [6.45, 7) is 2.26. The first-order chi connectivity index (χ1) is 9.08. The minimum Gasteiger partial charge on any atom is -0.398 e. The Kier molecular flexibility index (Phi) is 3.75. The zero-order chi connectivity index (χ0) is 13.8. The molecular formula is C14H14FN3O. The van der Waals surface area contributed by atoms with Gasteiger partial charge in [0.15, 0.2) is 0 Å². The molecule has 0 saturated heterocycles. The van der Waals surface area contributed by atoms with E-state index in [1.165, 1.54) is 12.1 Å². The molecule has 0 unspecified atom stereocenters. The smallest absolute Gasteiger partial charge is 0.253 e. The monoisotopic (exact) mass is 259 g/mol. The van der Waals surface area contributed by atoms with Crippen LogP contribution >= 0.6 is 0 Å². The third-order valence-electron chi connectivity index (χ3n) is 2.84. The number of nitrogens with zero attached hydrogens (tertiary/aromatic N) is 1. The molecule has 0 atom stereocenters. The number of nitrogen functional groups attached to an aromatic ring is 1. The van der Waals surface area contributed by atoms with Gasteiger partial charge in [0.25, 0.3) is 5.91 Å². The van der Waals surface area contributed by atoms with E-state index in [-0.39, 0.29) is 11.3 Å². The lowest BCUT2D eigenvalue weighted by Crippen LogP contribution is -2.24. The Balaban J connectivity index is 2.10. The van der Waals surface area contributed by atoms with Crippen molar-refractivity contribution in [3.05, 3.63) is 59.2 Å². The first kappa shape index (κ1) is 13.0. The maximum atomic E-state index is 13.1. The number of halogens is 1. The summed E-state index contributed by atoms with van der Waals surface area (Å²) in [4.78, 5) is 15.9. The van der Waals surface area contributed by atoms with Crippen molar-refractivity contribution >= 4 is 11.6 Å². The molecule has 0 bridgehead atoms. The average molecular weight is 259 g/mol. The van der Waals surface area contributed by atoms with Gasteiger partial charge in [-0.05, 0) is 42.3 Å². The number of carbonyl (C=O) groups excluding carboxylic acids is 1. The van der Waals surface area contributed by atoms with E-state index >= 15 is 0 Å². The Morgan fingerprint density at radius 3 is 2.95 bits per heavy atom. The molecule has 1 aromatic carbocycles. The number of pyridine rings is 1. The van der Waals surface area contributed by atoms with Gasteiger partial charge in [-0.2, -0.15) is 0 Å². The van der Waals surface area contributed by atoms with Crippen LogP contribution in [0.1, 0.15) is 21.5 Å². The van der Waals surface area contributed by atoms with Gasteiger partial charge in [-0.15, -0.1) is 0 Å². The molecule has 1 amide bonds. The van der Waals surface area contributed by atoms with Crippen LogP contribution in [0.3, 0.4) is 0 Å². The topological polar surface area (TPSA) is 68.0 Å². The molecule has 0 aliphatic carbocycles. The number of aryl methyl sites for hydroxylation is 1. The molecule has 98 valence electrons. The fourth-order valence-electron chi connectivity index (χ4n) is 1.70. The van der Waals surface area contributed by atoms with Crippen molar-refractivity contribution in [3.8, 4) is 0 Å². The van der Waals surface area contributed by atoms with Crippen LogP contribution in [0.15, 0.2) is 36.7 Å². The second kappa shape index (κ2) is 5.48. The fraction of sp³-hybridized carbons (Fsp3) is 0.143. The van der Waals surface area contributed by atoms with Crippen LogP contribution in [0.5, 0.6) is 0 Å². The lowest BCUT2D eigenvalue weighted by atomic mass is 10.1. The molecule has 0 radical (unpaired) electrons. The molecular weight excluding hydrogens is 245 g/mol. The van der Waals surface area contributed by atoms with Gasteiger partial charge in [-0.3, -0.25) is 9.78 Å². The van der Waals surface area contributed by atoms with Gasteiger partial charge in [0, 0.05) is 24.6 Å². The summed E-state index contributed by atoms with van der Waals surface area (Å²) < 4.78 is 13.1. The highest BCUT2D eigenvalue weighted by Crippen LogP contribution is 2.13. The molecule has 3 N–H and O–H groups in total. The SMILES string of the molecule is Cc1cnccc1CNC(=O)c1cc(F)ccc1N. The van der Waals surface area contributed by atoms with Crippen LogP contribution in [0.25, 0.3) is 0 Å². The number of benzene rings is 1. The van der Waals surface area contributed by atoms with Crippen LogP contribution in [0, 0.1) is 12.7 Å². The molecule has 2 aromatic rings. The zero-order valence-electron chi connectivity index (χ0n) is 10.5. The summed E-state index contributed by atoms with van der Waals surface area (Å²) in [5.74, 6) is -0.882. The lowest BCUT2D eigenvalue weighted by Gasteiger charge is -2.09. The van der Waals surface area contributed by atoms with Gasteiger partial charge < -0.3 is 11.1 Å². The maximum absolute atomic E-state index is 13.1. The fourth-order valence-corrected chi connectivity index (χ4v) is 1.70. The van der Waals surface area contributed by atoms with Crippen molar-refractivity contribution in [2.45, 2.75) is 13.5 Å². The van der Waals surface area contributed by atoms with Crippen LogP contribution in [-0.4, -0.2) is 10.9 Å². The minimum absolute atomic E-state index is 0.145. The Bertz CT molecular complexity index is 613. The third kappa shape index (κ3) is 3.07. The van der Waals surface area contributed by atoms with Crippen LogP contribution in [0.4, 0.5) is 10.1 Å². The summed E-state index contributed by atoms with van der Waals surface area (Å²) in [5.41, 5.74) is 7.99. The second-order valence-corrected chi connectivity index (χ2v) is 4.22. The van der Waals surface area contributed by atoms with Gasteiger partial charge in [-0.1, -0.05) is 0 Å². The van der Waals surface area contributed by atoms with Crippen molar-refractivity contribution in [1.29, 1.82) is 0 Å². The molecule has 0 fully saturated rings. The number of carbonyl (C=O) groups is 1. The quantitative estimate of drug-likeness (QED) is 0.829. The molecule has 1 heterocycles. The van der Waals surface area contributed by atoms with E-state index in [9.17, 15) is 9.18 Å². The van der Waals surface area contributed by atoms with Crippen molar-refractivity contribution in [1.82, 2.24) is 10.3 Å². The van der Waals surface area contributed by atoms with Gasteiger partial charge >= 0.3 is 0 Å². The molecule has 0 aliphatic rings. The number of anilines is 1. The standard InChI is InChI=1S/C14H14FN3O/c1-9-7-17-5-4-10(9)8-18-14(19)12-6-11(15)2-3-13(12)16/h2-7H,8,16H2,1H3,(H,18,19). The lowest BCUT2D eigenvalue weighted by molar-refractivity contribution is 0.0951. The Morgan fingerprint density at radius 1 is 1.42 bits per heavy atom. The molecule has 5 heteroatoms. The maximum Gasteiger partial charge on any atom is 0.253 e. The predicted molar refractivity (Wildman–Crippen MR) is 71.0 cm³/mol. The molecule has 0 spiro atoms. The first-order valence-electron chi connectivity index (χ1n) is 5.80. The number of hydrogen-bond acceptors (Lipinski definition) is 3. The highest BCUT2D eigenvalue weighted by Gasteiger charge is 2.10. The summed E-state index contributed by atoms with van der Waals surface area (Å²) in [6.07, 6.45) is 3.38. The first-order valence-corrected chi connectivity index (χ1v) is 5.80. The van der Waals surface area contributed by atoms with Crippen LogP contribution < -0.4 is 11.1 Å². The molecule has 2 rings (SSSR count). The Labute approximate surface area is 110 Å². The highest BCUT2D eigenvalue weighted by molar-refractivity contribution is 5.99. The predicted octanol–water partition coefficient (Wildman–Crippen LogP) is 2.04. The highest BCUT2D eigenvalue weighted by atomic mass is 19.1. The van der Waals surface area contributed by atoms with Crippen molar-refractivity contribution in [2.75, 3.05) is 5.73 Å². The minimum atomic E-state index is -0.487. The van der Waals surface area contributed by atoms with Crippen molar-refractivity contribution < 1.29 is 9.18 Å². The van der Waals surface area contributed by atoms with Crippen LogP contribution in [-0.2, 0) is 6.54 Å². The molecule has 0 saturated carbocycles. The van der Waals surface area contributed by atoms with E-state index in [1.54, 1.807) is 12.4 Å². The number of nitrogens with two attached hydrogens (primary N) is 1. The summed E-state index contributed by atoms with van der Waals surface area (Å²) in [7, 11) is 0. The van der Waals surface area contributed by atoms with Gasteiger partial charge in [0.05, 0.1) is 5.56 Å². The normalized spacial score (nSPS) is 10.2. The number of nitrogens with one attached hydrogen (secondary N) is 1. The number of hydrogen-bond donors (Lipinski definition) is 2. The van der Waals surface area contributed by atoms with E-state index < -0.39 is 11.7 Å². The van der Waals surface area contributed by atoms with Crippen molar-refractivity contribution in [3.63, 3.8) is 0 Å². The van der Waals surface area contributed by atoms with E-state index in [0.29, 0.717) is 6.54 Å². The summed E-state index contributed by atoms with van der Waals surface area (Å²) >= 11 is 0.